The minimum atomic E-state index is 0.522. The van der Waals surface area contributed by atoms with Gasteiger partial charge in [-0.25, -0.2) is 9.97 Å². The number of aryl methyl sites for hydroxylation is 1. The molecule has 0 atom stereocenters. The van der Waals surface area contributed by atoms with E-state index in [2.05, 4.69) is 27.4 Å². The zero-order valence-corrected chi connectivity index (χ0v) is 38.1. The summed E-state index contributed by atoms with van der Waals surface area (Å²) in [6, 6.07) is 2.32. The maximum Gasteiger partial charge on any atom is 0.152 e. The molecule has 5 rings (SSSR count). The Bertz CT molecular complexity index is 1580. The predicted octanol–water partition coefficient (Wildman–Crippen LogP) is 4.20. The molecule has 0 unspecified atom stereocenters. The van der Waals surface area contributed by atoms with E-state index in [9.17, 15) is 0 Å². The minimum Gasteiger partial charge on any atom is -0.383 e. The molecular weight excluding hydrogens is 803 g/mol. The van der Waals surface area contributed by atoms with Gasteiger partial charge in [0.1, 0.15) is 11.3 Å². The largest absolute Gasteiger partial charge is 0.383 e. The van der Waals surface area contributed by atoms with E-state index in [0.717, 1.165) is 101 Å². The minimum absolute atomic E-state index is 0.522. The zero-order chi connectivity index (χ0) is 42.7. The maximum atomic E-state index is 6.64. The number of thiophene rings is 1. The second kappa shape index (κ2) is 30.1. The van der Waals surface area contributed by atoms with Crippen LogP contribution >= 0.6 is 11.3 Å². The highest BCUT2D eigenvalue weighted by atomic mass is 32.1. The van der Waals surface area contributed by atoms with E-state index in [-0.39, 0.29) is 0 Å². The fraction of sp³-hybridized carbons (Fsp3) is 0.818. The Morgan fingerprint density at radius 1 is 0.656 bits per heavy atom. The molecule has 2 saturated heterocycles. The summed E-state index contributed by atoms with van der Waals surface area (Å²) in [6.07, 6.45) is 7.88. The van der Waals surface area contributed by atoms with Crippen molar-refractivity contribution in [2.75, 3.05) is 171 Å². The lowest BCUT2D eigenvalue weighted by atomic mass is 9.95. The number of fused-ring (bicyclic) bond motifs is 3. The number of hydrogen-bond donors (Lipinski definition) is 2. The summed E-state index contributed by atoms with van der Waals surface area (Å²) in [4.78, 5) is 16.6. The standard InChI is InChI=1S/C44H77N7O9S/c1-3-4-5-40-48-41-42(43-38(47-44(41)46)34-39(61-43)37-8-13-50(14-9-37)15-18-52-2)51(40)35-36-6-11-49(12-7-36)16-19-54-21-23-56-25-27-58-29-31-60-33-32-59-30-28-57-26-24-55-22-20-53-17-10-45/h34,36-37H,3-33,35,45H2,1-2H3,(H2,46,47). The highest BCUT2D eigenvalue weighted by Gasteiger charge is 2.27. The van der Waals surface area contributed by atoms with Gasteiger partial charge in [-0.15, -0.1) is 11.3 Å². The molecule has 3 aromatic heterocycles. The van der Waals surface area contributed by atoms with Crippen molar-refractivity contribution < 1.29 is 42.6 Å². The van der Waals surface area contributed by atoms with Gasteiger partial charge in [0.25, 0.3) is 0 Å². The molecule has 5 heterocycles. The lowest BCUT2D eigenvalue weighted by Crippen LogP contribution is -2.37. The van der Waals surface area contributed by atoms with Crippen molar-refractivity contribution in [3.63, 3.8) is 0 Å². The lowest BCUT2D eigenvalue weighted by molar-refractivity contribution is -0.0234. The molecule has 3 aromatic rings. The third kappa shape index (κ3) is 17.8. The van der Waals surface area contributed by atoms with Crippen LogP contribution in [0.4, 0.5) is 5.82 Å². The van der Waals surface area contributed by atoms with Gasteiger partial charge < -0.3 is 68.5 Å². The van der Waals surface area contributed by atoms with E-state index in [1.165, 1.54) is 27.9 Å². The molecule has 2 aliphatic heterocycles. The second-order valence-electron chi connectivity index (χ2n) is 15.9. The van der Waals surface area contributed by atoms with Gasteiger partial charge in [0, 0.05) is 44.6 Å². The number of unbranched alkanes of at least 4 members (excludes halogenated alkanes) is 1. The molecule has 2 aliphatic rings. The van der Waals surface area contributed by atoms with Gasteiger partial charge in [0.15, 0.2) is 5.82 Å². The van der Waals surface area contributed by atoms with Crippen LogP contribution in [0.15, 0.2) is 6.07 Å². The van der Waals surface area contributed by atoms with Gasteiger partial charge in [0.05, 0.1) is 128 Å². The molecule has 2 fully saturated rings. The summed E-state index contributed by atoms with van der Waals surface area (Å²) in [7, 11) is 1.78. The molecule has 17 heteroatoms. The van der Waals surface area contributed by atoms with Gasteiger partial charge in [-0.3, -0.25) is 0 Å². The Balaban J connectivity index is 0.897. The van der Waals surface area contributed by atoms with Crippen molar-refractivity contribution in [3.05, 3.63) is 16.8 Å². The number of hydrogen-bond acceptors (Lipinski definition) is 16. The number of nitrogen functional groups attached to an aromatic ring is 1. The first-order chi connectivity index (χ1) is 30.1. The first-order valence-corrected chi connectivity index (χ1v) is 23.8. The number of methoxy groups -OCH3 is 1. The number of ether oxygens (including phenoxy) is 9. The van der Waals surface area contributed by atoms with Gasteiger partial charge in [-0.2, -0.15) is 0 Å². The number of anilines is 1. The quantitative estimate of drug-likeness (QED) is 0.0805. The Labute approximate surface area is 368 Å². The topological polar surface area (TPSA) is 172 Å². The van der Waals surface area contributed by atoms with Crippen molar-refractivity contribution in [1.29, 1.82) is 0 Å². The van der Waals surface area contributed by atoms with E-state index in [1.54, 1.807) is 7.11 Å². The van der Waals surface area contributed by atoms with Crippen molar-refractivity contribution >= 4 is 38.4 Å². The van der Waals surface area contributed by atoms with Gasteiger partial charge >= 0.3 is 0 Å². The summed E-state index contributed by atoms with van der Waals surface area (Å²) < 4.78 is 53.5. The number of nitrogens with zero attached hydrogens (tertiary/aromatic N) is 5. The van der Waals surface area contributed by atoms with Gasteiger partial charge in [-0.1, -0.05) is 13.3 Å². The molecule has 0 aliphatic carbocycles. The smallest absolute Gasteiger partial charge is 0.152 e. The molecule has 16 nitrogen and oxygen atoms in total. The summed E-state index contributed by atoms with van der Waals surface area (Å²) in [5.41, 5.74) is 15.1. The Hall–Kier alpha value is -2.10. The van der Waals surface area contributed by atoms with Crippen LogP contribution in [0.5, 0.6) is 0 Å². The second-order valence-corrected chi connectivity index (χ2v) is 17.0. The molecule has 0 radical (unpaired) electrons. The van der Waals surface area contributed by atoms with E-state index >= 15 is 0 Å². The average Bonchev–Trinajstić information content (AvgIpc) is 3.87. The number of aromatic nitrogens is 3. The van der Waals surface area contributed by atoms with Crippen LogP contribution in [0.2, 0.25) is 0 Å². The van der Waals surface area contributed by atoms with E-state index in [0.29, 0.717) is 130 Å². The third-order valence-electron chi connectivity index (χ3n) is 11.4. The van der Waals surface area contributed by atoms with Crippen LogP contribution < -0.4 is 11.5 Å². The number of rotatable bonds is 35. The monoisotopic (exact) mass is 880 g/mol. The predicted molar refractivity (Wildman–Crippen MR) is 241 cm³/mol. The summed E-state index contributed by atoms with van der Waals surface area (Å²) in [6.45, 7) is 19.7. The fourth-order valence-corrected chi connectivity index (χ4v) is 9.22. The molecule has 0 spiro atoms. The highest BCUT2D eigenvalue weighted by molar-refractivity contribution is 7.20. The van der Waals surface area contributed by atoms with E-state index in [1.807, 2.05) is 11.3 Å². The Kier molecular flexibility index (Phi) is 24.6. The molecule has 0 amide bonds. The molecule has 61 heavy (non-hydrogen) atoms. The summed E-state index contributed by atoms with van der Waals surface area (Å²) >= 11 is 1.93. The number of imidazole rings is 1. The zero-order valence-electron chi connectivity index (χ0n) is 37.3. The molecule has 0 bridgehead atoms. The van der Waals surface area contributed by atoms with E-state index in [4.69, 9.17) is 64.1 Å². The molecular formula is C44H77N7O9S. The average molecular weight is 880 g/mol. The van der Waals surface area contributed by atoms with Crippen LogP contribution in [0.25, 0.3) is 21.3 Å². The molecule has 4 N–H and O–H groups in total. The maximum absolute atomic E-state index is 6.64. The first kappa shape index (κ1) is 49.9. The summed E-state index contributed by atoms with van der Waals surface area (Å²) in [5, 5.41) is 0. The van der Waals surface area contributed by atoms with Crippen LogP contribution in [0, 0.1) is 5.92 Å². The van der Waals surface area contributed by atoms with Gasteiger partial charge in [-0.05, 0) is 76.2 Å². The van der Waals surface area contributed by atoms with Gasteiger partial charge in [0.2, 0.25) is 0 Å². The Morgan fingerprint density at radius 2 is 1.15 bits per heavy atom. The molecule has 0 saturated carbocycles. The number of pyridine rings is 1. The summed E-state index contributed by atoms with van der Waals surface area (Å²) in [5.74, 6) is 2.88. The lowest BCUT2D eigenvalue weighted by Gasteiger charge is -2.32. The Morgan fingerprint density at radius 3 is 1.66 bits per heavy atom. The SMILES string of the molecule is CCCCc1nc2c(N)nc3cc(C4CCN(CCOC)CC4)sc3c2n1CC1CCN(CCOCCOCCOCCOCCOCCOCCOCCOCCN)CC1. The molecule has 348 valence electrons. The van der Waals surface area contributed by atoms with Crippen LogP contribution in [-0.4, -0.2) is 190 Å². The van der Waals surface area contributed by atoms with Crippen molar-refractivity contribution in [2.45, 2.75) is 64.3 Å². The number of nitrogens with two attached hydrogens (primary N) is 2. The normalized spacial score (nSPS) is 16.2. The van der Waals surface area contributed by atoms with Crippen molar-refractivity contribution in [3.8, 4) is 0 Å². The fourth-order valence-electron chi connectivity index (χ4n) is 7.90. The first-order valence-electron chi connectivity index (χ1n) is 22.9. The van der Waals surface area contributed by atoms with Crippen molar-refractivity contribution in [2.24, 2.45) is 11.7 Å². The van der Waals surface area contributed by atoms with Crippen LogP contribution in [0.1, 0.15) is 62.1 Å². The number of likely N-dealkylation sites (tertiary alicyclic amines) is 2. The molecule has 0 aromatic carbocycles. The van der Waals surface area contributed by atoms with Crippen molar-refractivity contribution in [1.82, 2.24) is 24.3 Å². The highest BCUT2D eigenvalue weighted by Crippen LogP contribution is 2.40. The third-order valence-corrected chi connectivity index (χ3v) is 12.7. The number of piperidine rings is 2. The van der Waals surface area contributed by atoms with Crippen LogP contribution in [0.3, 0.4) is 0 Å². The van der Waals surface area contributed by atoms with E-state index < -0.39 is 0 Å². The van der Waals surface area contributed by atoms with Crippen LogP contribution in [-0.2, 0) is 55.6 Å².